The number of carbonyl (C=O) groups excluding carboxylic acids is 1. The van der Waals surface area contributed by atoms with Gasteiger partial charge in [0.25, 0.3) is 0 Å². The van der Waals surface area contributed by atoms with Crippen LogP contribution in [0.15, 0.2) is 72.9 Å². The summed E-state index contributed by atoms with van der Waals surface area (Å²) in [5.74, 6) is -0.180. The van der Waals surface area contributed by atoms with Gasteiger partial charge in [0, 0.05) is 6.42 Å². The summed E-state index contributed by atoms with van der Waals surface area (Å²) in [5, 5.41) is 54.6. The summed E-state index contributed by atoms with van der Waals surface area (Å²) in [6.45, 7) is 3.69. The average Bonchev–Trinajstić information content (AvgIpc) is 3.39. The van der Waals surface area contributed by atoms with E-state index in [9.17, 15) is 30.3 Å². The van der Waals surface area contributed by atoms with E-state index in [0.29, 0.717) is 6.42 Å². The zero-order chi connectivity index (χ0) is 52.9. The first-order valence-corrected chi connectivity index (χ1v) is 30.7. The van der Waals surface area contributed by atoms with Crippen LogP contribution in [-0.4, -0.2) is 87.5 Å². The van der Waals surface area contributed by atoms with Crippen molar-refractivity contribution in [3.63, 3.8) is 0 Å². The number of hydrogen-bond donors (Lipinski definition) is 6. The van der Waals surface area contributed by atoms with Gasteiger partial charge in [-0.3, -0.25) is 4.79 Å². The highest BCUT2D eigenvalue weighted by Gasteiger charge is 2.44. The summed E-state index contributed by atoms with van der Waals surface area (Å²) in [5.41, 5.74) is 0. The second kappa shape index (κ2) is 53.0. The average molecular weight is 1030 g/mol. The number of amides is 1. The quantitative estimate of drug-likeness (QED) is 0.0261. The third kappa shape index (κ3) is 42.4. The lowest BCUT2D eigenvalue weighted by Crippen LogP contribution is -2.60. The van der Waals surface area contributed by atoms with E-state index in [4.69, 9.17) is 9.47 Å². The first-order valence-electron chi connectivity index (χ1n) is 30.7. The molecule has 6 N–H and O–H groups in total. The molecule has 424 valence electrons. The van der Waals surface area contributed by atoms with Gasteiger partial charge >= 0.3 is 0 Å². The van der Waals surface area contributed by atoms with E-state index in [-0.39, 0.29) is 12.5 Å². The number of unbranched alkanes of at least 4 members (excludes halogenated alkanes) is 32. The van der Waals surface area contributed by atoms with Crippen LogP contribution in [0.5, 0.6) is 0 Å². The molecular weight excluding hydrogens is 911 g/mol. The minimum atomic E-state index is -1.57. The standard InChI is InChI=1S/C64H115NO8/c1-3-5-7-9-11-13-15-17-19-21-23-25-27-28-29-30-32-34-36-38-40-42-44-46-48-50-52-54-60(68)65-57(56-72-64-63(71)62(70)61(69)59(55-66)73-64)58(67)53-51-49-47-45-43-41-39-37-35-33-31-26-24-22-20-18-16-14-12-10-8-6-4-2/h5,7,11,13,17,19,23,25,28-29,51,53,57-59,61-64,66-67,69-71H,3-4,6,8-10,12,14-16,18,20-22,24,26-27,30-50,52,54-56H2,1-2H3,(H,65,68)/b7-5-,13-11-,19-17-,25-23-,29-28-,53-51+. The van der Waals surface area contributed by atoms with Crippen LogP contribution in [0.2, 0.25) is 0 Å². The van der Waals surface area contributed by atoms with Crippen LogP contribution in [-0.2, 0) is 14.3 Å². The van der Waals surface area contributed by atoms with Crippen molar-refractivity contribution in [2.24, 2.45) is 0 Å². The van der Waals surface area contributed by atoms with Crippen LogP contribution >= 0.6 is 0 Å². The molecule has 73 heavy (non-hydrogen) atoms. The Balaban J connectivity index is 2.21. The number of nitrogens with one attached hydrogen (secondary N) is 1. The molecule has 0 spiro atoms. The fourth-order valence-electron chi connectivity index (χ4n) is 9.48. The van der Waals surface area contributed by atoms with Crippen molar-refractivity contribution in [3.8, 4) is 0 Å². The Morgan fingerprint density at radius 2 is 0.849 bits per heavy atom. The van der Waals surface area contributed by atoms with Gasteiger partial charge in [0.15, 0.2) is 6.29 Å². The normalized spacial score (nSPS) is 19.6. The van der Waals surface area contributed by atoms with Gasteiger partial charge in [-0.1, -0.05) is 273 Å². The summed E-state index contributed by atoms with van der Waals surface area (Å²) in [6, 6.07) is -0.811. The van der Waals surface area contributed by atoms with E-state index < -0.39 is 49.5 Å². The monoisotopic (exact) mass is 1030 g/mol. The van der Waals surface area contributed by atoms with Crippen molar-refractivity contribution >= 4 is 5.91 Å². The summed E-state index contributed by atoms with van der Waals surface area (Å²) in [4.78, 5) is 13.1. The first kappa shape index (κ1) is 68.6. The van der Waals surface area contributed by atoms with E-state index in [0.717, 1.165) is 70.6 Å². The van der Waals surface area contributed by atoms with E-state index in [1.54, 1.807) is 6.08 Å². The van der Waals surface area contributed by atoms with Crippen LogP contribution in [0.25, 0.3) is 0 Å². The molecule has 1 heterocycles. The highest BCUT2D eigenvalue weighted by Crippen LogP contribution is 2.23. The van der Waals surface area contributed by atoms with E-state index in [2.05, 4.69) is 79.9 Å². The molecule has 7 atom stereocenters. The molecule has 0 aromatic heterocycles. The molecule has 0 aliphatic carbocycles. The molecule has 1 aliphatic heterocycles. The smallest absolute Gasteiger partial charge is 0.220 e. The highest BCUT2D eigenvalue weighted by molar-refractivity contribution is 5.76. The lowest BCUT2D eigenvalue weighted by Gasteiger charge is -2.40. The van der Waals surface area contributed by atoms with Gasteiger partial charge in [-0.15, -0.1) is 0 Å². The molecule has 0 radical (unpaired) electrons. The van der Waals surface area contributed by atoms with Crippen molar-refractivity contribution in [1.82, 2.24) is 5.32 Å². The van der Waals surface area contributed by atoms with Gasteiger partial charge in [-0.05, 0) is 64.2 Å². The number of carbonyl (C=O) groups is 1. The number of rotatable bonds is 52. The Bertz CT molecular complexity index is 1380. The second-order valence-electron chi connectivity index (χ2n) is 21.1. The van der Waals surface area contributed by atoms with Crippen LogP contribution in [0.3, 0.4) is 0 Å². The van der Waals surface area contributed by atoms with E-state index >= 15 is 0 Å². The lowest BCUT2D eigenvalue weighted by molar-refractivity contribution is -0.302. The predicted molar refractivity (Wildman–Crippen MR) is 309 cm³/mol. The van der Waals surface area contributed by atoms with Gasteiger partial charge < -0.3 is 40.3 Å². The van der Waals surface area contributed by atoms with Gasteiger partial charge in [0.05, 0.1) is 25.4 Å². The SMILES string of the molecule is CC/C=C\C/C=C\C/C=C\C/C=C\C/C=C\CCCCCCCCCCCCCC(=O)NC(COC1OC(CO)C(O)C(O)C1O)C(O)/C=C/CCCCCCCCCCCCCCCCCCCCCCC. The fraction of sp³-hybridized carbons (Fsp3) is 0.797. The Labute approximate surface area is 448 Å². The number of allylic oxidation sites excluding steroid dienone is 11. The Morgan fingerprint density at radius 1 is 0.479 bits per heavy atom. The summed E-state index contributed by atoms with van der Waals surface area (Å²) in [7, 11) is 0. The third-order valence-corrected chi connectivity index (χ3v) is 14.3. The third-order valence-electron chi connectivity index (χ3n) is 14.3. The van der Waals surface area contributed by atoms with Crippen LogP contribution < -0.4 is 5.32 Å². The van der Waals surface area contributed by atoms with Gasteiger partial charge in [-0.2, -0.15) is 0 Å². The maximum atomic E-state index is 13.1. The van der Waals surface area contributed by atoms with E-state index in [1.165, 1.54) is 180 Å². The lowest BCUT2D eigenvalue weighted by atomic mass is 9.99. The second-order valence-corrected chi connectivity index (χ2v) is 21.1. The van der Waals surface area contributed by atoms with Crippen molar-refractivity contribution < 1.29 is 39.8 Å². The number of aliphatic hydroxyl groups excluding tert-OH is 5. The first-order chi connectivity index (χ1) is 35.8. The fourth-order valence-corrected chi connectivity index (χ4v) is 9.48. The maximum absolute atomic E-state index is 13.1. The molecule has 1 amide bonds. The molecule has 1 rings (SSSR count). The zero-order valence-corrected chi connectivity index (χ0v) is 47.1. The molecule has 7 unspecified atom stereocenters. The topological polar surface area (TPSA) is 149 Å². The minimum absolute atomic E-state index is 0.180. The Hall–Kier alpha value is -2.37. The molecule has 9 nitrogen and oxygen atoms in total. The minimum Gasteiger partial charge on any atom is -0.394 e. The summed E-state index contributed by atoms with van der Waals surface area (Å²) in [6.07, 6.45) is 66.8. The Morgan fingerprint density at radius 3 is 1.26 bits per heavy atom. The molecule has 0 bridgehead atoms. The highest BCUT2D eigenvalue weighted by atomic mass is 16.7. The zero-order valence-electron chi connectivity index (χ0n) is 47.1. The van der Waals surface area contributed by atoms with Crippen LogP contribution in [0.1, 0.15) is 271 Å². The number of hydrogen-bond acceptors (Lipinski definition) is 8. The van der Waals surface area contributed by atoms with Gasteiger partial charge in [0.2, 0.25) is 5.91 Å². The van der Waals surface area contributed by atoms with Crippen LogP contribution in [0, 0.1) is 0 Å². The maximum Gasteiger partial charge on any atom is 0.220 e. The number of aliphatic hydroxyl groups is 5. The molecule has 0 saturated carbocycles. The number of ether oxygens (including phenoxy) is 2. The molecule has 9 heteroatoms. The van der Waals surface area contributed by atoms with Gasteiger partial charge in [0.1, 0.15) is 24.4 Å². The molecule has 1 saturated heterocycles. The molecule has 1 fully saturated rings. The summed E-state index contributed by atoms with van der Waals surface area (Å²) >= 11 is 0. The Kier molecular flexibility index (Phi) is 49.9. The van der Waals surface area contributed by atoms with Gasteiger partial charge in [-0.25, -0.2) is 0 Å². The van der Waals surface area contributed by atoms with Crippen LogP contribution in [0.4, 0.5) is 0 Å². The van der Waals surface area contributed by atoms with Crippen molar-refractivity contribution in [1.29, 1.82) is 0 Å². The van der Waals surface area contributed by atoms with E-state index in [1.807, 2.05) is 6.08 Å². The molecule has 0 aromatic carbocycles. The van der Waals surface area contributed by atoms with Crippen molar-refractivity contribution in [3.05, 3.63) is 72.9 Å². The van der Waals surface area contributed by atoms with Crippen molar-refractivity contribution in [2.45, 2.75) is 314 Å². The molecule has 1 aliphatic rings. The van der Waals surface area contributed by atoms with Crippen molar-refractivity contribution in [2.75, 3.05) is 13.2 Å². The molecular formula is C64H115NO8. The predicted octanol–water partition coefficient (Wildman–Crippen LogP) is 15.6. The molecule has 0 aromatic rings. The summed E-state index contributed by atoms with van der Waals surface area (Å²) < 4.78 is 11.3. The largest absolute Gasteiger partial charge is 0.394 e.